The second kappa shape index (κ2) is 3.95. The summed E-state index contributed by atoms with van der Waals surface area (Å²) in [5, 5.41) is 8.96. The first kappa shape index (κ1) is 11.8. The Bertz CT molecular complexity index is 463. The number of carboxylic acid groups (broad SMARTS) is 1. The normalized spacial score (nSPS) is 13.8. The SMILES string of the molecule is Cc1cc2c(c(C(C)(C)CC(=O)O)c1)OCO2. The summed E-state index contributed by atoms with van der Waals surface area (Å²) in [6.07, 6.45) is 0.0618. The highest BCUT2D eigenvalue weighted by Gasteiger charge is 2.31. The largest absolute Gasteiger partial charge is 0.481 e. The Labute approximate surface area is 100 Å². The molecule has 1 aliphatic rings. The Kier molecular flexibility index (Phi) is 2.73. The van der Waals surface area contributed by atoms with Gasteiger partial charge in [-0.2, -0.15) is 0 Å². The molecule has 0 aromatic heterocycles. The molecule has 0 saturated carbocycles. The van der Waals surface area contributed by atoms with E-state index in [-0.39, 0.29) is 13.2 Å². The van der Waals surface area contributed by atoms with Crippen molar-refractivity contribution in [2.45, 2.75) is 32.6 Å². The predicted molar refractivity (Wildman–Crippen MR) is 62.6 cm³/mol. The van der Waals surface area contributed by atoms with Gasteiger partial charge < -0.3 is 14.6 Å². The summed E-state index contributed by atoms with van der Waals surface area (Å²) in [5.74, 6) is 0.574. The topological polar surface area (TPSA) is 55.8 Å². The molecule has 1 aromatic rings. The van der Waals surface area contributed by atoms with Crippen LogP contribution in [-0.4, -0.2) is 17.9 Å². The third-order valence-electron chi connectivity index (χ3n) is 2.94. The molecule has 0 amide bonds. The van der Waals surface area contributed by atoms with Crippen LogP contribution in [0.5, 0.6) is 11.5 Å². The Balaban J connectivity index is 2.48. The number of hydrogen-bond acceptors (Lipinski definition) is 3. The van der Waals surface area contributed by atoms with Crippen LogP contribution < -0.4 is 9.47 Å². The van der Waals surface area contributed by atoms with E-state index in [1.807, 2.05) is 32.9 Å². The Morgan fingerprint density at radius 2 is 2.12 bits per heavy atom. The molecule has 92 valence electrons. The van der Waals surface area contributed by atoms with E-state index in [0.29, 0.717) is 11.5 Å². The van der Waals surface area contributed by atoms with Crippen molar-refractivity contribution in [2.75, 3.05) is 6.79 Å². The molecule has 1 heterocycles. The first-order valence-corrected chi connectivity index (χ1v) is 5.53. The lowest BCUT2D eigenvalue weighted by atomic mass is 9.80. The van der Waals surface area contributed by atoms with Crippen LogP contribution in [0.2, 0.25) is 0 Å². The van der Waals surface area contributed by atoms with E-state index in [2.05, 4.69) is 0 Å². The van der Waals surface area contributed by atoms with Gasteiger partial charge in [-0.05, 0) is 18.6 Å². The van der Waals surface area contributed by atoms with Crippen LogP contribution in [0, 0.1) is 6.92 Å². The average Bonchev–Trinajstić information content (AvgIpc) is 2.61. The van der Waals surface area contributed by atoms with Crippen molar-refractivity contribution in [3.8, 4) is 11.5 Å². The zero-order valence-corrected chi connectivity index (χ0v) is 10.2. The minimum Gasteiger partial charge on any atom is -0.481 e. The standard InChI is InChI=1S/C13H16O4/c1-8-4-9(13(2,3)6-11(14)15)12-10(5-8)16-7-17-12/h4-5H,6-7H2,1-3H3,(H,14,15). The highest BCUT2D eigenvalue weighted by atomic mass is 16.7. The van der Waals surface area contributed by atoms with Gasteiger partial charge in [0.1, 0.15) is 0 Å². The number of carbonyl (C=O) groups is 1. The van der Waals surface area contributed by atoms with Crippen LogP contribution in [-0.2, 0) is 10.2 Å². The number of aliphatic carboxylic acids is 1. The molecule has 0 spiro atoms. The molecule has 2 rings (SSSR count). The molecule has 1 aliphatic heterocycles. The number of benzene rings is 1. The van der Waals surface area contributed by atoms with Crippen molar-refractivity contribution in [3.63, 3.8) is 0 Å². The molecule has 1 N–H and O–H groups in total. The molecule has 4 nitrogen and oxygen atoms in total. The number of hydrogen-bond donors (Lipinski definition) is 1. The maximum Gasteiger partial charge on any atom is 0.304 e. The summed E-state index contributed by atoms with van der Waals surface area (Å²) in [7, 11) is 0. The molecule has 0 saturated heterocycles. The highest BCUT2D eigenvalue weighted by Crippen LogP contribution is 2.43. The molecule has 0 unspecified atom stereocenters. The number of ether oxygens (including phenoxy) is 2. The van der Waals surface area contributed by atoms with Crippen molar-refractivity contribution >= 4 is 5.97 Å². The highest BCUT2D eigenvalue weighted by molar-refractivity contribution is 5.70. The Hall–Kier alpha value is -1.71. The van der Waals surface area contributed by atoms with Gasteiger partial charge in [0.05, 0.1) is 6.42 Å². The monoisotopic (exact) mass is 236 g/mol. The molecule has 0 atom stereocenters. The van der Waals surface area contributed by atoms with E-state index in [1.54, 1.807) is 0 Å². The van der Waals surface area contributed by atoms with E-state index in [0.717, 1.165) is 11.1 Å². The van der Waals surface area contributed by atoms with Gasteiger partial charge in [-0.25, -0.2) is 0 Å². The second-order valence-corrected chi connectivity index (χ2v) is 5.00. The zero-order valence-electron chi connectivity index (χ0n) is 10.2. The van der Waals surface area contributed by atoms with E-state index >= 15 is 0 Å². The molecule has 1 aromatic carbocycles. The summed E-state index contributed by atoms with van der Waals surface area (Å²) >= 11 is 0. The van der Waals surface area contributed by atoms with Crippen molar-refractivity contribution in [2.24, 2.45) is 0 Å². The molecular weight excluding hydrogens is 220 g/mol. The third-order valence-corrected chi connectivity index (χ3v) is 2.94. The van der Waals surface area contributed by atoms with Gasteiger partial charge >= 0.3 is 5.97 Å². The van der Waals surface area contributed by atoms with E-state index in [9.17, 15) is 4.79 Å². The summed E-state index contributed by atoms with van der Waals surface area (Å²) in [5.41, 5.74) is 1.46. The summed E-state index contributed by atoms with van der Waals surface area (Å²) < 4.78 is 10.8. The Morgan fingerprint density at radius 1 is 1.41 bits per heavy atom. The van der Waals surface area contributed by atoms with E-state index in [4.69, 9.17) is 14.6 Å². The number of carboxylic acids is 1. The van der Waals surface area contributed by atoms with Gasteiger partial charge in [0.25, 0.3) is 0 Å². The van der Waals surface area contributed by atoms with Crippen LogP contribution in [0.25, 0.3) is 0 Å². The van der Waals surface area contributed by atoms with Crippen LogP contribution in [0.3, 0.4) is 0 Å². The van der Waals surface area contributed by atoms with Crippen LogP contribution >= 0.6 is 0 Å². The first-order valence-electron chi connectivity index (χ1n) is 5.53. The van der Waals surface area contributed by atoms with E-state index in [1.165, 1.54) is 0 Å². The van der Waals surface area contributed by atoms with Crippen molar-refractivity contribution < 1.29 is 19.4 Å². The zero-order chi connectivity index (χ0) is 12.6. The maximum absolute atomic E-state index is 10.9. The average molecular weight is 236 g/mol. The lowest BCUT2D eigenvalue weighted by Gasteiger charge is -2.24. The van der Waals surface area contributed by atoms with Gasteiger partial charge in [0, 0.05) is 11.0 Å². The molecule has 0 fully saturated rings. The number of aryl methyl sites for hydroxylation is 1. The number of rotatable bonds is 3. The van der Waals surface area contributed by atoms with Crippen LogP contribution in [0.4, 0.5) is 0 Å². The quantitative estimate of drug-likeness (QED) is 0.875. The molecule has 0 aliphatic carbocycles. The summed E-state index contributed by atoms with van der Waals surface area (Å²) in [6.45, 7) is 5.97. The molecular formula is C13H16O4. The lowest BCUT2D eigenvalue weighted by Crippen LogP contribution is -2.22. The lowest BCUT2D eigenvalue weighted by molar-refractivity contribution is -0.138. The summed E-state index contributed by atoms with van der Waals surface area (Å²) in [6, 6.07) is 3.87. The molecule has 0 bridgehead atoms. The van der Waals surface area contributed by atoms with Gasteiger partial charge in [-0.3, -0.25) is 4.79 Å². The van der Waals surface area contributed by atoms with Crippen molar-refractivity contribution in [1.82, 2.24) is 0 Å². The smallest absolute Gasteiger partial charge is 0.304 e. The van der Waals surface area contributed by atoms with Gasteiger partial charge in [0.15, 0.2) is 11.5 Å². The molecule has 4 heteroatoms. The fourth-order valence-electron chi connectivity index (χ4n) is 2.12. The molecule has 17 heavy (non-hydrogen) atoms. The summed E-state index contributed by atoms with van der Waals surface area (Å²) in [4.78, 5) is 10.9. The van der Waals surface area contributed by atoms with E-state index < -0.39 is 11.4 Å². The predicted octanol–water partition coefficient (Wildman–Crippen LogP) is 2.48. The second-order valence-electron chi connectivity index (χ2n) is 5.00. The third kappa shape index (κ3) is 2.20. The van der Waals surface area contributed by atoms with Crippen molar-refractivity contribution in [3.05, 3.63) is 23.3 Å². The fourth-order valence-corrected chi connectivity index (χ4v) is 2.12. The van der Waals surface area contributed by atoms with Gasteiger partial charge in [-0.1, -0.05) is 19.9 Å². The minimum absolute atomic E-state index is 0.0618. The number of fused-ring (bicyclic) bond motifs is 1. The van der Waals surface area contributed by atoms with Gasteiger partial charge in [-0.15, -0.1) is 0 Å². The maximum atomic E-state index is 10.9. The van der Waals surface area contributed by atoms with Crippen molar-refractivity contribution in [1.29, 1.82) is 0 Å². The Morgan fingerprint density at radius 3 is 2.76 bits per heavy atom. The molecule has 0 radical (unpaired) electrons. The fraction of sp³-hybridized carbons (Fsp3) is 0.462. The minimum atomic E-state index is -0.816. The van der Waals surface area contributed by atoms with Gasteiger partial charge in [0.2, 0.25) is 6.79 Å². The first-order chi connectivity index (χ1) is 7.90. The van der Waals surface area contributed by atoms with Crippen LogP contribution in [0.15, 0.2) is 12.1 Å². The van der Waals surface area contributed by atoms with Crippen LogP contribution in [0.1, 0.15) is 31.4 Å².